The van der Waals surface area contributed by atoms with Crippen LogP contribution in [-0.4, -0.2) is 13.4 Å². The van der Waals surface area contributed by atoms with Gasteiger partial charge in [-0.05, 0) is 148 Å². The Labute approximate surface area is 623 Å². The van der Waals surface area contributed by atoms with Gasteiger partial charge in [0.15, 0.2) is 0 Å². The Hall–Kier alpha value is -13.4. The van der Waals surface area contributed by atoms with Crippen LogP contribution in [0.1, 0.15) is 26.3 Å². The van der Waals surface area contributed by atoms with E-state index in [0.29, 0.717) is 0 Å². The number of hydrogen-bond donors (Lipinski definition) is 0. The van der Waals surface area contributed by atoms with Gasteiger partial charge in [-0.1, -0.05) is 324 Å². The maximum Gasteiger partial charge on any atom is 0.260 e. The van der Waals surface area contributed by atoms with E-state index in [4.69, 9.17) is 13.9 Å². The van der Waals surface area contributed by atoms with Crippen LogP contribution in [0.4, 0.5) is 34.1 Å². The van der Waals surface area contributed by atoms with Gasteiger partial charge in [0.25, 0.3) is 13.4 Å². The summed E-state index contributed by atoms with van der Waals surface area (Å²) in [6, 6.07) is 131. The van der Waals surface area contributed by atoms with Crippen LogP contribution in [0.3, 0.4) is 0 Å². The predicted octanol–water partition coefficient (Wildman–Crippen LogP) is 23.0. The lowest BCUT2D eigenvalue weighted by molar-refractivity contribution is 0.468. The van der Waals surface area contributed by atoms with E-state index in [0.717, 1.165) is 195 Å². The number of rotatable bonds is 10. The summed E-state index contributed by atoms with van der Waals surface area (Å²) in [7, 11) is 0. The quantitative estimate of drug-likeness (QED) is 0.128. The molecule has 0 atom stereocenters. The van der Waals surface area contributed by atoms with Crippen LogP contribution in [-0.2, 0) is 5.41 Å². The van der Waals surface area contributed by atoms with E-state index < -0.39 is 6.71 Å². The molecule has 0 spiro atoms. The molecule has 0 amide bonds. The van der Waals surface area contributed by atoms with E-state index in [1.807, 2.05) is 6.07 Å². The summed E-state index contributed by atoms with van der Waals surface area (Å²) in [6.45, 7) is 6.29. The van der Waals surface area contributed by atoms with Crippen molar-refractivity contribution in [3.63, 3.8) is 0 Å². The zero-order valence-corrected chi connectivity index (χ0v) is 59.3. The molecule has 0 saturated carbocycles. The molecule has 0 fully saturated rings. The molecule has 5 heterocycles. The van der Waals surface area contributed by atoms with Crippen molar-refractivity contribution in [2.75, 3.05) is 9.80 Å². The van der Waals surface area contributed by atoms with Crippen LogP contribution in [0.2, 0.25) is 0 Å². The third-order valence-electron chi connectivity index (χ3n) is 22.5. The van der Waals surface area contributed by atoms with Crippen LogP contribution in [0.5, 0.6) is 23.0 Å². The third kappa shape index (κ3) is 10.1. The van der Waals surface area contributed by atoms with E-state index >= 15 is 0 Å². The van der Waals surface area contributed by atoms with E-state index in [-0.39, 0.29) is 12.1 Å². The Balaban J connectivity index is 0.930. The van der Waals surface area contributed by atoms with Crippen molar-refractivity contribution in [3.8, 4) is 112 Å². The Bertz CT molecular complexity index is 6300. The molecule has 1 aromatic heterocycles. The second kappa shape index (κ2) is 24.7. The summed E-state index contributed by atoms with van der Waals surface area (Å²) in [4.78, 5) is 5.29. The van der Waals surface area contributed by atoms with Crippen molar-refractivity contribution in [3.05, 3.63) is 363 Å². The lowest BCUT2D eigenvalue weighted by Gasteiger charge is -2.48. The minimum absolute atomic E-state index is 0.360. The van der Waals surface area contributed by atoms with Crippen molar-refractivity contribution in [1.82, 2.24) is 0 Å². The summed E-state index contributed by atoms with van der Waals surface area (Å²) >= 11 is 0. The zero-order valence-electron chi connectivity index (χ0n) is 59.3. The Morgan fingerprint density at radius 3 is 1.23 bits per heavy atom. The molecule has 0 unspecified atom stereocenters. The molecular formula is C100H68B2N2O3. The SMILES string of the molecule is CC(C)(C)c1cc2c3c(c1)N(c1c(-c4ccccc4)cccc1-c1ccccc1)c1cc4c5c(c1B3c1ccc(-c3ccccc3)cc1N2c1c(-c2ccccc2)cccc1-c1ccccc1)Oc1ccc(-c2ccccc2)cc1B5c1cc(-c2ccccc2)cc(-c2ccc3oc5ccccc5c3c2)c1O4. The monoisotopic (exact) mass is 1370 g/mol. The molecule has 4 aliphatic rings. The Morgan fingerprint density at radius 2 is 0.692 bits per heavy atom. The predicted molar refractivity (Wildman–Crippen MR) is 448 cm³/mol. The molecule has 21 rings (SSSR count). The number of ether oxygens (including phenoxy) is 2. The molecule has 0 N–H and O–H groups in total. The first-order valence-corrected chi connectivity index (χ1v) is 37.1. The summed E-state index contributed by atoms with van der Waals surface area (Å²) in [5.74, 6) is 3.11. The molecule has 0 radical (unpaired) electrons. The minimum Gasteiger partial charge on any atom is -0.459 e. The Morgan fingerprint density at radius 1 is 0.252 bits per heavy atom. The van der Waals surface area contributed by atoms with Gasteiger partial charge in [-0.2, -0.15) is 0 Å². The van der Waals surface area contributed by atoms with Gasteiger partial charge in [-0.3, -0.25) is 0 Å². The fraction of sp³-hybridized carbons (Fsp3) is 0.0400. The van der Waals surface area contributed by atoms with Crippen molar-refractivity contribution in [1.29, 1.82) is 0 Å². The van der Waals surface area contributed by atoms with E-state index in [9.17, 15) is 0 Å². The molecule has 0 saturated heterocycles. The summed E-state index contributed by atoms with van der Waals surface area (Å²) in [5.41, 5.74) is 32.9. The van der Waals surface area contributed by atoms with Gasteiger partial charge in [-0.15, -0.1) is 0 Å². The van der Waals surface area contributed by atoms with Crippen LogP contribution in [0, 0.1) is 0 Å². The maximum atomic E-state index is 8.18. The number of hydrogen-bond acceptors (Lipinski definition) is 5. The van der Waals surface area contributed by atoms with Gasteiger partial charge in [-0.25, -0.2) is 0 Å². The van der Waals surface area contributed by atoms with Crippen LogP contribution < -0.4 is 52.1 Å². The average molecular weight is 1370 g/mol. The molecule has 0 aliphatic carbocycles. The topological polar surface area (TPSA) is 38.1 Å². The smallest absolute Gasteiger partial charge is 0.260 e. The van der Waals surface area contributed by atoms with Crippen molar-refractivity contribution in [2.24, 2.45) is 0 Å². The molecule has 4 aliphatic heterocycles. The second-order valence-corrected chi connectivity index (χ2v) is 29.7. The molecule has 17 aromatic rings. The molecule has 107 heavy (non-hydrogen) atoms. The molecule has 7 heteroatoms. The number of nitrogens with zero attached hydrogens (tertiary/aromatic N) is 2. The molecular weight excluding hydrogens is 1300 g/mol. The van der Waals surface area contributed by atoms with Gasteiger partial charge < -0.3 is 23.7 Å². The summed E-state index contributed by atoms with van der Waals surface area (Å²) in [5, 5.41) is 2.11. The normalized spacial score (nSPS) is 12.9. The summed E-state index contributed by atoms with van der Waals surface area (Å²) < 4.78 is 22.9. The van der Waals surface area contributed by atoms with Crippen LogP contribution in [0.25, 0.3) is 111 Å². The van der Waals surface area contributed by atoms with Crippen molar-refractivity contribution < 1.29 is 13.9 Å². The number of furan rings is 1. The van der Waals surface area contributed by atoms with Gasteiger partial charge >= 0.3 is 0 Å². The minimum atomic E-state index is -0.417. The number of para-hydroxylation sites is 3. The number of anilines is 6. The van der Waals surface area contributed by atoms with Crippen LogP contribution >= 0.6 is 0 Å². The fourth-order valence-electron chi connectivity index (χ4n) is 17.5. The largest absolute Gasteiger partial charge is 0.459 e. The standard InChI is InChI=1S/C100H68B2N2O3/c1-100(2,3)74-60-86-93-87(61-74)104(97-77(68-39-21-9-22-40-68)46-28-47-78(97)69-41-23-10-24-42-69)88-62-92-95-99(94(88)102(93)82-52-49-71(64-31-13-5-14-32-64)59-85(82)103(86)96-75(66-35-17-7-18-36-66)44-27-45-76(96)67-37-19-8-20-38-67)106-91-54-50-70(63-29-11-4-12-30-63)57-83(91)101(95)84-58-73(65-33-15-6-16-34-65)56-80(98(84)107-92)72-51-53-90-81(55-72)79-43-25-26-48-89(79)105-90/h4-62H,1-3H3. The highest BCUT2D eigenvalue weighted by molar-refractivity contribution is 7.03. The van der Waals surface area contributed by atoms with Gasteiger partial charge in [0.1, 0.15) is 34.2 Å². The Kier molecular flexibility index (Phi) is 14.3. The van der Waals surface area contributed by atoms with E-state index in [1.54, 1.807) is 0 Å². The highest BCUT2D eigenvalue weighted by Crippen LogP contribution is 2.56. The summed E-state index contributed by atoms with van der Waals surface area (Å²) in [6.07, 6.45) is 0. The lowest BCUT2D eigenvalue weighted by atomic mass is 9.30. The van der Waals surface area contributed by atoms with Gasteiger partial charge in [0, 0.05) is 72.9 Å². The molecule has 5 nitrogen and oxygen atoms in total. The van der Waals surface area contributed by atoms with Crippen LogP contribution in [0.15, 0.2) is 362 Å². The molecule has 16 aromatic carbocycles. The van der Waals surface area contributed by atoms with Gasteiger partial charge in [0.05, 0.1) is 11.4 Å². The van der Waals surface area contributed by atoms with Gasteiger partial charge in [0.2, 0.25) is 0 Å². The van der Waals surface area contributed by atoms with Crippen molar-refractivity contribution in [2.45, 2.75) is 26.2 Å². The van der Waals surface area contributed by atoms with E-state index in [2.05, 4.69) is 382 Å². The molecule has 502 valence electrons. The third-order valence-corrected chi connectivity index (χ3v) is 22.5. The fourth-order valence-corrected chi connectivity index (χ4v) is 17.5. The highest BCUT2D eigenvalue weighted by Gasteiger charge is 2.52. The lowest BCUT2D eigenvalue weighted by Crippen LogP contribution is -2.65. The first kappa shape index (κ1) is 62.2. The van der Waals surface area contributed by atoms with E-state index in [1.165, 1.54) is 11.0 Å². The number of benzene rings is 16. The molecule has 0 bridgehead atoms. The van der Waals surface area contributed by atoms with Crippen molar-refractivity contribution >= 4 is 102 Å². The number of fused-ring (bicyclic) bond motifs is 12. The maximum absolute atomic E-state index is 8.18. The first-order chi connectivity index (χ1) is 52.7. The average Bonchev–Trinajstić information content (AvgIpc) is 1.07. The first-order valence-electron chi connectivity index (χ1n) is 37.1. The second-order valence-electron chi connectivity index (χ2n) is 29.7. The highest BCUT2D eigenvalue weighted by atomic mass is 16.5. The zero-order chi connectivity index (χ0) is 71.0.